The van der Waals surface area contributed by atoms with Crippen LogP contribution in [0.15, 0.2) is 0 Å². The second-order valence-electron chi connectivity index (χ2n) is 1.09. The Bertz CT molecular complexity index is 11.6. The molecule has 0 aliphatic heterocycles. The van der Waals surface area contributed by atoms with E-state index in [1.165, 1.54) is 0 Å². The van der Waals surface area contributed by atoms with Crippen molar-refractivity contribution in [3.63, 3.8) is 0 Å². The first-order valence-electron chi connectivity index (χ1n) is 1.41. The van der Waals surface area contributed by atoms with Gasteiger partial charge in [0, 0.05) is 6.10 Å². The zero-order valence-corrected chi connectivity index (χ0v) is 3.02. The first-order valence-corrected chi connectivity index (χ1v) is 1.41. The molecule has 1 nitrogen and oxygen atoms in total. The molecule has 0 rings (SSSR count). The third-order valence-electron chi connectivity index (χ3n) is 0. The summed E-state index contributed by atoms with van der Waals surface area (Å²) in [6.07, 6.45) is -0.167. The summed E-state index contributed by atoms with van der Waals surface area (Å²) in [6.45, 7) is 3.44. The Morgan fingerprint density at radius 1 is 1.40 bits per heavy atom. The van der Waals surface area contributed by atoms with Crippen LogP contribution in [-0.4, -0.2) is 21.3 Å². The third kappa shape index (κ3) is 1130. The number of rotatable bonds is 0. The van der Waals surface area contributed by atoms with E-state index in [2.05, 4.69) is 0 Å². The standard InChI is InChI=1S/C3H8O.Be.2H/c1-3(2)4;;;/h3-4H,1-2H3;;;. The van der Waals surface area contributed by atoms with E-state index in [0.717, 1.165) is 0 Å². The van der Waals surface area contributed by atoms with Gasteiger partial charge in [-0.15, -0.1) is 0 Å². The molecular weight excluding hydrogens is 61.0 g/mol. The fourth-order valence-electron chi connectivity index (χ4n) is 0. The van der Waals surface area contributed by atoms with Crippen molar-refractivity contribution in [2.75, 3.05) is 0 Å². The van der Waals surface area contributed by atoms with Crippen molar-refractivity contribution >= 4 is 10.1 Å². The summed E-state index contributed by atoms with van der Waals surface area (Å²) in [5.74, 6) is 0. The molecule has 0 amide bonds. The molecule has 5 heavy (non-hydrogen) atoms. The molecule has 0 heterocycles. The second kappa shape index (κ2) is 4.13. The van der Waals surface area contributed by atoms with Crippen molar-refractivity contribution in [3.8, 4) is 0 Å². The van der Waals surface area contributed by atoms with Gasteiger partial charge in [0.05, 0.1) is 0 Å². The number of aliphatic hydroxyl groups excluding tert-OH is 1. The van der Waals surface area contributed by atoms with Crippen molar-refractivity contribution in [2.45, 2.75) is 20.0 Å². The molecule has 0 fully saturated rings. The first kappa shape index (κ1) is 8.93. The van der Waals surface area contributed by atoms with E-state index in [9.17, 15) is 0 Å². The Morgan fingerprint density at radius 3 is 1.40 bits per heavy atom. The van der Waals surface area contributed by atoms with E-state index in [1.807, 2.05) is 0 Å². The maximum atomic E-state index is 8.06. The molecule has 0 unspecified atom stereocenters. The van der Waals surface area contributed by atoms with E-state index in [0.29, 0.717) is 0 Å². The zero-order valence-electron chi connectivity index (χ0n) is 3.02. The van der Waals surface area contributed by atoms with Gasteiger partial charge < -0.3 is 5.11 Å². The van der Waals surface area contributed by atoms with Crippen LogP contribution >= 0.6 is 0 Å². The van der Waals surface area contributed by atoms with Gasteiger partial charge in [-0.1, -0.05) is 0 Å². The molecule has 0 saturated carbocycles. The van der Waals surface area contributed by atoms with Crippen molar-refractivity contribution in [1.82, 2.24) is 0 Å². The van der Waals surface area contributed by atoms with E-state index < -0.39 is 0 Å². The van der Waals surface area contributed by atoms with Gasteiger partial charge in [-0.2, -0.15) is 0 Å². The summed E-state index contributed by atoms with van der Waals surface area (Å²) in [7, 11) is 0. The van der Waals surface area contributed by atoms with Crippen LogP contribution in [-0.2, 0) is 0 Å². The minimum atomic E-state index is -0.167. The van der Waals surface area contributed by atoms with E-state index >= 15 is 0 Å². The van der Waals surface area contributed by atoms with Crippen molar-refractivity contribution in [1.29, 1.82) is 0 Å². The monoisotopic (exact) mass is 71.1 g/mol. The van der Waals surface area contributed by atoms with Crippen molar-refractivity contribution in [2.24, 2.45) is 0 Å². The van der Waals surface area contributed by atoms with Gasteiger partial charge in [0.25, 0.3) is 0 Å². The van der Waals surface area contributed by atoms with Gasteiger partial charge in [-0.05, 0) is 13.8 Å². The van der Waals surface area contributed by atoms with Crippen LogP contribution < -0.4 is 0 Å². The molecule has 1 N–H and O–H groups in total. The second-order valence-corrected chi connectivity index (χ2v) is 1.09. The normalized spacial score (nSPS) is 7.20. The van der Waals surface area contributed by atoms with Gasteiger partial charge in [-0.3, -0.25) is 0 Å². The summed E-state index contributed by atoms with van der Waals surface area (Å²) < 4.78 is 0. The van der Waals surface area contributed by atoms with Crippen LogP contribution in [0.3, 0.4) is 0 Å². The van der Waals surface area contributed by atoms with Gasteiger partial charge in [0.2, 0.25) is 0 Å². The fourth-order valence-corrected chi connectivity index (χ4v) is 0. The van der Waals surface area contributed by atoms with Crippen LogP contribution in [0.4, 0.5) is 0 Å². The molecular formula is C3H10BeO. The summed E-state index contributed by atoms with van der Waals surface area (Å²) in [5, 5.41) is 8.06. The molecule has 0 aromatic heterocycles. The Hall–Kier alpha value is 0.129. The molecule has 30 valence electrons. The molecule has 0 saturated heterocycles. The van der Waals surface area contributed by atoms with Crippen LogP contribution in [0.1, 0.15) is 13.8 Å². The summed E-state index contributed by atoms with van der Waals surface area (Å²) in [6, 6.07) is 0. The number of hydrogen-bond donors (Lipinski definition) is 1. The molecule has 2 heteroatoms. The third-order valence-corrected chi connectivity index (χ3v) is 0. The zero-order chi connectivity index (χ0) is 3.58. The molecule has 0 aliphatic carbocycles. The van der Waals surface area contributed by atoms with E-state index in [-0.39, 0.29) is 16.2 Å². The minimum absolute atomic E-state index is 0. The van der Waals surface area contributed by atoms with E-state index in [1.54, 1.807) is 13.8 Å². The molecule has 0 radical (unpaired) electrons. The summed E-state index contributed by atoms with van der Waals surface area (Å²) in [5.41, 5.74) is 0. The topological polar surface area (TPSA) is 20.2 Å². The summed E-state index contributed by atoms with van der Waals surface area (Å²) >= 11 is 0. The SMILES string of the molecule is CC(C)O.[BeH2]. The quantitative estimate of drug-likeness (QED) is 0.381. The Balaban J connectivity index is 0. The van der Waals surface area contributed by atoms with Gasteiger partial charge in [0.1, 0.15) is 0 Å². The molecule has 0 aromatic rings. The molecule has 0 spiro atoms. The van der Waals surface area contributed by atoms with Crippen molar-refractivity contribution in [3.05, 3.63) is 0 Å². The fraction of sp³-hybridized carbons (Fsp3) is 1.00. The Labute approximate surface area is 36.2 Å². The Kier molecular flexibility index (Phi) is 7.38. The van der Waals surface area contributed by atoms with Gasteiger partial charge in [0.15, 0.2) is 0 Å². The van der Waals surface area contributed by atoms with Gasteiger partial charge >= 0.3 is 10.1 Å². The number of aliphatic hydroxyl groups is 1. The predicted octanol–water partition coefficient (Wildman–Crippen LogP) is -0.529. The molecule has 0 atom stereocenters. The average Bonchev–Trinajstić information content (AvgIpc) is 0.811. The van der Waals surface area contributed by atoms with E-state index in [4.69, 9.17) is 5.11 Å². The molecule has 0 aromatic carbocycles. The van der Waals surface area contributed by atoms with Crippen molar-refractivity contribution < 1.29 is 5.11 Å². The number of hydrogen-bond acceptors (Lipinski definition) is 1. The molecule has 0 bridgehead atoms. The average molecular weight is 71.1 g/mol. The summed E-state index contributed by atoms with van der Waals surface area (Å²) in [4.78, 5) is 0. The maximum absolute atomic E-state index is 8.06. The van der Waals surface area contributed by atoms with Crippen LogP contribution in [0.2, 0.25) is 0 Å². The van der Waals surface area contributed by atoms with Crippen LogP contribution in [0.5, 0.6) is 0 Å². The first-order chi connectivity index (χ1) is 1.73. The predicted molar refractivity (Wildman–Crippen MR) is 25.9 cm³/mol. The van der Waals surface area contributed by atoms with Crippen LogP contribution in [0.25, 0.3) is 0 Å². The molecule has 0 aliphatic rings. The van der Waals surface area contributed by atoms with Gasteiger partial charge in [-0.25, -0.2) is 0 Å². The Morgan fingerprint density at radius 2 is 1.40 bits per heavy atom. The van der Waals surface area contributed by atoms with Crippen LogP contribution in [0, 0.1) is 0 Å².